The smallest absolute Gasteiger partial charge is 0.336 e. The number of aromatic nitrogens is 2. The summed E-state index contributed by atoms with van der Waals surface area (Å²) in [5, 5.41) is 2.72. The van der Waals surface area contributed by atoms with Gasteiger partial charge in [0.1, 0.15) is 0 Å². The maximum Gasteiger partial charge on any atom is 0.336 e. The molecular formula is C18H33N3O4Si. The molecule has 0 fully saturated rings. The molecule has 2 N–H and O–H groups in total. The fourth-order valence-corrected chi connectivity index (χ4v) is 3.02. The van der Waals surface area contributed by atoms with E-state index in [0.717, 1.165) is 30.3 Å². The average molecular weight is 384 g/mol. The third-order valence-electron chi connectivity index (χ3n) is 4.94. The van der Waals surface area contributed by atoms with E-state index in [9.17, 15) is 14.4 Å². The third-order valence-corrected chi connectivity index (χ3v) is 9.41. The minimum Gasteiger partial charge on any atom is -0.412 e. The monoisotopic (exact) mass is 383 g/mol. The quantitative estimate of drug-likeness (QED) is 0.532. The Labute approximate surface area is 156 Å². The highest BCUT2D eigenvalue weighted by atomic mass is 28.4. The number of hydrogen-bond acceptors (Lipinski definition) is 4. The van der Waals surface area contributed by atoms with Gasteiger partial charge in [-0.2, -0.15) is 0 Å². The maximum atomic E-state index is 12.2. The second-order valence-corrected chi connectivity index (χ2v) is 12.9. The van der Waals surface area contributed by atoms with Gasteiger partial charge in [0.15, 0.2) is 8.32 Å². The second-order valence-electron chi connectivity index (χ2n) is 8.13. The number of carbonyl (C=O) groups is 1. The lowest BCUT2D eigenvalue weighted by Gasteiger charge is -2.36. The number of nitrogens with zero attached hydrogens (tertiary/aromatic N) is 1. The molecule has 1 amide bonds. The molecule has 1 aromatic heterocycles. The number of nitrogens with one attached hydrogen (secondary N) is 2. The Kier molecular flexibility index (Phi) is 8.02. The van der Waals surface area contributed by atoms with Gasteiger partial charge in [0, 0.05) is 12.7 Å². The normalized spacial score (nSPS) is 12.2. The molecule has 148 valence electrons. The molecule has 0 bridgehead atoms. The molecule has 0 spiro atoms. The molecule has 0 radical (unpaired) electrons. The van der Waals surface area contributed by atoms with Crippen molar-refractivity contribution in [3.8, 4) is 0 Å². The van der Waals surface area contributed by atoms with E-state index in [1.54, 1.807) is 0 Å². The number of rotatable bonds is 8. The Bertz CT molecular complexity index is 716. The van der Waals surface area contributed by atoms with Crippen LogP contribution in [-0.4, -0.2) is 30.4 Å². The van der Waals surface area contributed by atoms with Crippen LogP contribution in [0.15, 0.2) is 15.8 Å². The summed E-state index contributed by atoms with van der Waals surface area (Å²) in [7, 11) is -2.04. The molecule has 0 aliphatic heterocycles. The summed E-state index contributed by atoms with van der Waals surface area (Å²) in [5.41, 5.74) is -0.978. The number of H-pyrrole nitrogens is 1. The fourth-order valence-electron chi connectivity index (χ4n) is 2.07. The van der Waals surface area contributed by atoms with Crippen molar-refractivity contribution < 1.29 is 9.22 Å². The molecule has 0 saturated carbocycles. The minimum absolute atomic E-state index is 0.00404. The summed E-state index contributed by atoms with van der Waals surface area (Å²) < 4.78 is 6.94. The summed E-state index contributed by atoms with van der Waals surface area (Å²) >= 11 is 0. The molecule has 0 aliphatic carbocycles. The van der Waals surface area contributed by atoms with Gasteiger partial charge in [0.25, 0.3) is 5.56 Å². The van der Waals surface area contributed by atoms with Crippen molar-refractivity contribution in [2.24, 2.45) is 0 Å². The minimum atomic E-state index is -2.04. The molecule has 8 heteroatoms. The number of hydrogen-bond donors (Lipinski definition) is 2. The van der Waals surface area contributed by atoms with Crippen LogP contribution in [0.2, 0.25) is 18.1 Å². The van der Waals surface area contributed by atoms with Crippen LogP contribution >= 0.6 is 0 Å². The summed E-state index contributed by atoms with van der Waals surface area (Å²) in [5.74, 6) is 0. The predicted molar refractivity (Wildman–Crippen MR) is 106 cm³/mol. The largest absolute Gasteiger partial charge is 0.412 e. The first-order chi connectivity index (χ1) is 12.0. The molecule has 1 aromatic rings. The molecular weight excluding hydrogens is 350 g/mol. The van der Waals surface area contributed by atoms with E-state index >= 15 is 0 Å². The molecule has 1 rings (SSSR count). The Morgan fingerprint density at radius 2 is 1.88 bits per heavy atom. The van der Waals surface area contributed by atoms with Crippen LogP contribution in [0.5, 0.6) is 0 Å². The Morgan fingerprint density at radius 1 is 1.23 bits per heavy atom. The van der Waals surface area contributed by atoms with Gasteiger partial charge in [-0.05, 0) is 24.6 Å². The van der Waals surface area contributed by atoms with Crippen molar-refractivity contribution in [1.29, 1.82) is 0 Å². The highest BCUT2D eigenvalue weighted by Gasteiger charge is 2.37. The van der Waals surface area contributed by atoms with E-state index in [-0.39, 0.29) is 17.2 Å². The second kappa shape index (κ2) is 9.32. The zero-order valence-electron chi connectivity index (χ0n) is 16.9. The van der Waals surface area contributed by atoms with E-state index in [4.69, 9.17) is 4.43 Å². The molecule has 0 aromatic carbocycles. The van der Waals surface area contributed by atoms with E-state index in [0.29, 0.717) is 6.54 Å². The van der Waals surface area contributed by atoms with Crippen molar-refractivity contribution in [3.05, 3.63) is 32.6 Å². The first-order valence-electron chi connectivity index (χ1n) is 9.26. The van der Waals surface area contributed by atoms with Gasteiger partial charge in [-0.3, -0.25) is 9.78 Å². The molecule has 1 heterocycles. The topological polar surface area (TPSA) is 93.2 Å². The highest BCUT2D eigenvalue weighted by molar-refractivity contribution is 6.74. The lowest BCUT2D eigenvalue weighted by molar-refractivity contribution is 0.240. The van der Waals surface area contributed by atoms with E-state index in [1.807, 2.05) is 0 Å². The fraction of sp³-hybridized carbons (Fsp3) is 0.722. The predicted octanol–water partition coefficient (Wildman–Crippen LogP) is 3.20. The van der Waals surface area contributed by atoms with Crippen LogP contribution < -0.4 is 16.6 Å². The zero-order valence-corrected chi connectivity index (χ0v) is 17.9. The van der Waals surface area contributed by atoms with E-state index in [2.05, 4.69) is 51.1 Å². The van der Waals surface area contributed by atoms with Gasteiger partial charge in [-0.15, -0.1) is 0 Å². The van der Waals surface area contributed by atoms with Gasteiger partial charge >= 0.3 is 11.7 Å². The summed E-state index contributed by atoms with van der Waals surface area (Å²) in [6.45, 7) is 13.2. The van der Waals surface area contributed by atoms with Crippen LogP contribution in [0.3, 0.4) is 0 Å². The standard InChI is InChI=1S/C18H33N3O4Si/c1-7-8-9-10-11-19-16(23)21-12-14(15(22)20-17(21)24)13-25-26(5,6)18(2,3)4/h12H,7-11,13H2,1-6H3,(H,19,23)(H,20,22,24). The van der Waals surface area contributed by atoms with E-state index < -0.39 is 25.6 Å². The first kappa shape index (κ1) is 22.4. The van der Waals surface area contributed by atoms with Crippen LogP contribution in [-0.2, 0) is 11.0 Å². The summed E-state index contributed by atoms with van der Waals surface area (Å²) in [4.78, 5) is 38.4. The lowest BCUT2D eigenvalue weighted by Crippen LogP contribution is -2.43. The number of unbranched alkanes of at least 4 members (excludes halogenated alkanes) is 3. The van der Waals surface area contributed by atoms with Gasteiger partial charge in [0.05, 0.1) is 12.2 Å². The van der Waals surface area contributed by atoms with Gasteiger partial charge in [-0.25, -0.2) is 14.2 Å². The summed E-state index contributed by atoms with van der Waals surface area (Å²) in [6.07, 6.45) is 5.41. The first-order valence-corrected chi connectivity index (χ1v) is 12.2. The Balaban J connectivity index is 2.84. The van der Waals surface area contributed by atoms with Crippen molar-refractivity contribution >= 4 is 14.3 Å². The van der Waals surface area contributed by atoms with Crippen molar-refractivity contribution in [2.75, 3.05) is 6.54 Å². The highest BCUT2D eigenvalue weighted by Crippen LogP contribution is 2.36. The Hall–Kier alpha value is -1.67. The average Bonchev–Trinajstić information content (AvgIpc) is 2.52. The SMILES string of the molecule is CCCCCCNC(=O)n1cc(CO[Si](C)(C)C(C)(C)C)c(=O)[nH]c1=O. The molecule has 0 saturated heterocycles. The third kappa shape index (κ3) is 6.24. The number of carbonyl (C=O) groups excluding carboxylic acids is 1. The Morgan fingerprint density at radius 3 is 2.46 bits per heavy atom. The van der Waals surface area contributed by atoms with Crippen molar-refractivity contribution in [3.63, 3.8) is 0 Å². The molecule has 0 aliphatic rings. The van der Waals surface area contributed by atoms with Crippen LogP contribution in [0.1, 0.15) is 58.9 Å². The molecule has 26 heavy (non-hydrogen) atoms. The van der Waals surface area contributed by atoms with Gasteiger partial charge < -0.3 is 9.74 Å². The molecule has 7 nitrogen and oxygen atoms in total. The van der Waals surface area contributed by atoms with Crippen LogP contribution in [0, 0.1) is 0 Å². The zero-order chi connectivity index (χ0) is 20.0. The van der Waals surface area contributed by atoms with Crippen molar-refractivity contribution in [2.45, 2.75) is 78.1 Å². The van der Waals surface area contributed by atoms with Gasteiger partial charge in [0.2, 0.25) is 0 Å². The van der Waals surface area contributed by atoms with Crippen LogP contribution in [0.4, 0.5) is 4.79 Å². The van der Waals surface area contributed by atoms with E-state index in [1.165, 1.54) is 6.20 Å². The number of aromatic amines is 1. The molecule has 0 unspecified atom stereocenters. The molecule has 0 atom stereocenters. The maximum absolute atomic E-state index is 12.2. The van der Waals surface area contributed by atoms with Crippen LogP contribution in [0.25, 0.3) is 0 Å². The van der Waals surface area contributed by atoms with Gasteiger partial charge in [-0.1, -0.05) is 47.0 Å². The number of amides is 1. The lowest BCUT2D eigenvalue weighted by atomic mass is 10.2. The summed E-state index contributed by atoms with van der Waals surface area (Å²) in [6, 6.07) is -0.531. The van der Waals surface area contributed by atoms with Crippen molar-refractivity contribution in [1.82, 2.24) is 14.9 Å².